The summed E-state index contributed by atoms with van der Waals surface area (Å²) in [6.07, 6.45) is 0.634. The van der Waals surface area contributed by atoms with Gasteiger partial charge in [0.05, 0.1) is 0 Å². The Morgan fingerprint density at radius 2 is 1.75 bits per heavy atom. The molecule has 0 saturated heterocycles. The van der Waals surface area contributed by atoms with Gasteiger partial charge in [-0.2, -0.15) is 0 Å². The Bertz CT molecular complexity index is 604. The molecule has 0 aliphatic rings. The molecule has 0 saturated carbocycles. The van der Waals surface area contributed by atoms with E-state index >= 15 is 0 Å². The maximum Gasteiger partial charge on any atom is 0.326 e. The molecular formula is C17H23IN2O4. The van der Waals surface area contributed by atoms with Crippen LogP contribution in [0.25, 0.3) is 0 Å². The fourth-order valence-electron chi connectivity index (χ4n) is 2.30. The molecule has 0 radical (unpaired) electrons. The van der Waals surface area contributed by atoms with Gasteiger partial charge in [0.15, 0.2) is 0 Å². The molecule has 7 heteroatoms. The second-order valence-corrected chi connectivity index (χ2v) is 7.24. The van der Waals surface area contributed by atoms with E-state index in [1.165, 1.54) is 6.92 Å². The van der Waals surface area contributed by atoms with Crippen molar-refractivity contribution in [1.29, 1.82) is 0 Å². The maximum absolute atomic E-state index is 12.4. The number of halogens is 1. The van der Waals surface area contributed by atoms with Gasteiger partial charge in [0.2, 0.25) is 11.8 Å². The van der Waals surface area contributed by atoms with E-state index in [1.807, 2.05) is 38.1 Å². The second-order valence-electron chi connectivity index (χ2n) is 6.08. The molecule has 0 aliphatic carbocycles. The smallest absolute Gasteiger partial charge is 0.326 e. The number of carbonyl (C=O) groups excluding carboxylic acids is 2. The molecule has 0 unspecified atom stereocenters. The molecule has 0 spiro atoms. The van der Waals surface area contributed by atoms with Crippen molar-refractivity contribution < 1.29 is 19.5 Å². The summed E-state index contributed by atoms with van der Waals surface area (Å²) in [6, 6.07) is 5.64. The van der Waals surface area contributed by atoms with Gasteiger partial charge in [0, 0.05) is 16.9 Å². The molecule has 0 fully saturated rings. The van der Waals surface area contributed by atoms with Crippen molar-refractivity contribution in [3.05, 3.63) is 33.4 Å². The van der Waals surface area contributed by atoms with Crippen molar-refractivity contribution in [3.8, 4) is 0 Å². The maximum atomic E-state index is 12.4. The number of carboxylic acid groups (broad SMARTS) is 1. The van der Waals surface area contributed by atoms with Crippen LogP contribution in [0.3, 0.4) is 0 Å². The Morgan fingerprint density at radius 1 is 1.12 bits per heavy atom. The number of carboxylic acids is 1. The van der Waals surface area contributed by atoms with Crippen LogP contribution in [0.4, 0.5) is 0 Å². The number of aliphatic carboxylic acids is 1. The lowest BCUT2D eigenvalue weighted by atomic mass is 10.0. The minimum absolute atomic E-state index is 0.186. The summed E-state index contributed by atoms with van der Waals surface area (Å²) in [4.78, 5) is 35.2. The van der Waals surface area contributed by atoms with E-state index in [1.54, 1.807) is 0 Å². The SMILES string of the molecule is CC(=O)N[C@@H](CC(C)C)C(=O)N[C@@H](Cc1ccccc1I)C(=O)O. The molecule has 1 rings (SSSR count). The number of carbonyl (C=O) groups is 3. The van der Waals surface area contributed by atoms with Crippen molar-refractivity contribution in [2.75, 3.05) is 0 Å². The molecule has 1 aromatic carbocycles. The Hall–Kier alpha value is -1.64. The molecule has 3 N–H and O–H groups in total. The first-order chi connectivity index (χ1) is 11.2. The van der Waals surface area contributed by atoms with Gasteiger partial charge in [-0.1, -0.05) is 32.0 Å². The molecule has 2 amide bonds. The van der Waals surface area contributed by atoms with E-state index in [9.17, 15) is 19.5 Å². The average Bonchev–Trinajstić information content (AvgIpc) is 2.46. The highest BCUT2D eigenvalue weighted by Crippen LogP contribution is 2.14. The minimum Gasteiger partial charge on any atom is -0.480 e. The van der Waals surface area contributed by atoms with Crippen molar-refractivity contribution in [2.45, 2.75) is 45.7 Å². The zero-order valence-corrected chi connectivity index (χ0v) is 16.2. The summed E-state index contributed by atoms with van der Waals surface area (Å²) in [5, 5.41) is 14.5. The summed E-state index contributed by atoms with van der Waals surface area (Å²) < 4.78 is 0.941. The first-order valence-electron chi connectivity index (χ1n) is 7.74. The predicted molar refractivity (Wildman–Crippen MR) is 99.5 cm³/mol. The summed E-state index contributed by atoms with van der Waals surface area (Å²) >= 11 is 2.13. The van der Waals surface area contributed by atoms with Gasteiger partial charge >= 0.3 is 5.97 Å². The van der Waals surface area contributed by atoms with Crippen LogP contribution in [-0.2, 0) is 20.8 Å². The van der Waals surface area contributed by atoms with Crippen LogP contribution in [0.2, 0.25) is 0 Å². The summed E-state index contributed by atoms with van der Waals surface area (Å²) in [6.45, 7) is 5.20. The first kappa shape index (κ1) is 20.4. The van der Waals surface area contributed by atoms with Crippen molar-refractivity contribution in [1.82, 2.24) is 10.6 Å². The molecule has 0 bridgehead atoms. The molecule has 24 heavy (non-hydrogen) atoms. The lowest BCUT2D eigenvalue weighted by Crippen LogP contribution is -2.52. The topological polar surface area (TPSA) is 95.5 Å². The number of benzene rings is 1. The third kappa shape index (κ3) is 6.86. The van der Waals surface area contributed by atoms with E-state index in [-0.39, 0.29) is 18.2 Å². The van der Waals surface area contributed by atoms with Crippen molar-refractivity contribution in [2.24, 2.45) is 5.92 Å². The number of hydrogen-bond donors (Lipinski definition) is 3. The fraction of sp³-hybridized carbons (Fsp3) is 0.471. The third-order valence-corrected chi connectivity index (χ3v) is 4.45. The van der Waals surface area contributed by atoms with Crippen LogP contribution >= 0.6 is 22.6 Å². The molecule has 2 atom stereocenters. The van der Waals surface area contributed by atoms with Gasteiger partial charge in [0.1, 0.15) is 12.1 Å². The molecule has 0 aromatic heterocycles. The molecule has 6 nitrogen and oxygen atoms in total. The Morgan fingerprint density at radius 3 is 2.25 bits per heavy atom. The van der Waals surface area contributed by atoms with Crippen LogP contribution in [0.1, 0.15) is 32.8 Å². The van der Waals surface area contributed by atoms with Crippen LogP contribution in [0.5, 0.6) is 0 Å². The Labute approximate surface area is 155 Å². The van der Waals surface area contributed by atoms with E-state index in [4.69, 9.17) is 0 Å². The molecule has 0 aliphatic heterocycles. The molecule has 0 heterocycles. The Kier molecular flexibility index (Phi) is 8.17. The predicted octanol–water partition coefficient (Wildman–Crippen LogP) is 1.95. The van der Waals surface area contributed by atoms with Crippen LogP contribution in [0.15, 0.2) is 24.3 Å². The highest BCUT2D eigenvalue weighted by Gasteiger charge is 2.27. The van der Waals surface area contributed by atoms with Gasteiger partial charge in [0.25, 0.3) is 0 Å². The summed E-state index contributed by atoms with van der Waals surface area (Å²) in [5.74, 6) is -1.71. The summed E-state index contributed by atoms with van der Waals surface area (Å²) in [5.41, 5.74) is 0.853. The van der Waals surface area contributed by atoms with E-state index in [0.29, 0.717) is 6.42 Å². The zero-order chi connectivity index (χ0) is 18.3. The van der Waals surface area contributed by atoms with Gasteiger partial charge < -0.3 is 15.7 Å². The van der Waals surface area contributed by atoms with Gasteiger partial charge in [-0.25, -0.2) is 4.79 Å². The van der Waals surface area contributed by atoms with Gasteiger partial charge in [-0.15, -0.1) is 0 Å². The highest BCUT2D eigenvalue weighted by molar-refractivity contribution is 14.1. The molecule has 132 valence electrons. The van der Waals surface area contributed by atoms with E-state index in [2.05, 4.69) is 33.2 Å². The van der Waals surface area contributed by atoms with E-state index in [0.717, 1.165) is 9.13 Å². The van der Waals surface area contributed by atoms with Gasteiger partial charge in [-0.05, 0) is 46.6 Å². The third-order valence-electron chi connectivity index (χ3n) is 3.40. The first-order valence-corrected chi connectivity index (χ1v) is 8.82. The number of nitrogens with one attached hydrogen (secondary N) is 2. The average molecular weight is 446 g/mol. The largest absolute Gasteiger partial charge is 0.480 e. The normalized spacial score (nSPS) is 13.2. The quantitative estimate of drug-likeness (QED) is 0.532. The van der Waals surface area contributed by atoms with Crippen molar-refractivity contribution >= 4 is 40.4 Å². The molecule has 1 aromatic rings. The Balaban J connectivity index is 2.85. The zero-order valence-electron chi connectivity index (χ0n) is 14.0. The monoisotopic (exact) mass is 446 g/mol. The van der Waals surface area contributed by atoms with Crippen LogP contribution in [0, 0.1) is 9.49 Å². The summed E-state index contributed by atoms with van der Waals surface area (Å²) in [7, 11) is 0. The van der Waals surface area contributed by atoms with Crippen LogP contribution in [-0.4, -0.2) is 35.0 Å². The second kappa shape index (κ2) is 9.61. The highest BCUT2D eigenvalue weighted by atomic mass is 127. The number of hydrogen-bond acceptors (Lipinski definition) is 3. The standard InChI is InChI=1S/C17H23IN2O4/c1-10(2)8-14(19-11(3)21)16(22)20-15(17(23)24)9-12-6-4-5-7-13(12)18/h4-7,10,14-15H,8-9H2,1-3H3,(H,19,21)(H,20,22)(H,23,24)/t14-,15-/m0/s1. The number of amides is 2. The van der Waals surface area contributed by atoms with E-state index < -0.39 is 24.0 Å². The lowest BCUT2D eigenvalue weighted by molar-refractivity contribution is -0.142. The molecular weight excluding hydrogens is 423 g/mol. The van der Waals surface area contributed by atoms with Gasteiger partial charge in [-0.3, -0.25) is 9.59 Å². The minimum atomic E-state index is -1.10. The van der Waals surface area contributed by atoms with Crippen molar-refractivity contribution in [3.63, 3.8) is 0 Å². The fourth-order valence-corrected chi connectivity index (χ4v) is 2.91. The lowest BCUT2D eigenvalue weighted by Gasteiger charge is -2.22. The number of rotatable bonds is 8. The van der Waals surface area contributed by atoms with Crippen LogP contribution < -0.4 is 10.6 Å².